The first-order chi connectivity index (χ1) is 15.7. The molecule has 4 aromatic carbocycles. The summed E-state index contributed by atoms with van der Waals surface area (Å²) in [6.07, 6.45) is 2.12. The highest BCUT2D eigenvalue weighted by atomic mass is 15.0. The minimum absolute atomic E-state index is 1.21. The van der Waals surface area contributed by atoms with Crippen LogP contribution in [0.15, 0.2) is 109 Å². The number of rotatable bonds is 1. The van der Waals surface area contributed by atoms with Gasteiger partial charge in [-0.15, -0.1) is 0 Å². The van der Waals surface area contributed by atoms with Crippen LogP contribution in [0, 0.1) is 6.92 Å². The van der Waals surface area contributed by atoms with Crippen molar-refractivity contribution in [2.24, 2.45) is 7.05 Å². The van der Waals surface area contributed by atoms with Gasteiger partial charge in [0.2, 0.25) is 0 Å². The summed E-state index contributed by atoms with van der Waals surface area (Å²) in [6.45, 7) is 2.19. The molecular weight excluding hydrogens is 388 g/mol. The zero-order valence-electron chi connectivity index (χ0n) is 18.3. The maximum atomic E-state index is 2.43. The van der Waals surface area contributed by atoms with Gasteiger partial charge in [0.1, 0.15) is 0 Å². The molecule has 2 heteroatoms. The van der Waals surface area contributed by atoms with Crippen molar-refractivity contribution in [3.8, 4) is 5.69 Å². The SMILES string of the molecule is Cc1cccccn(C)c2cc3c4ccccc4n(-c4cccc5ccccc45)c3cc12. The summed E-state index contributed by atoms with van der Waals surface area (Å²) in [7, 11) is 2.12. The van der Waals surface area contributed by atoms with Gasteiger partial charge in [0, 0.05) is 40.3 Å². The number of benzene rings is 4. The zero-order chi connectivity index (χ0) is 21.7. The van der Waals surface area contributed by atoms with Gasteiger partial charge in [0.25, 0.3) is 0 Å². The molecule has 0 unspecified atom stereocenters. The molecule has 0 fully saturated rings. The fraction of sp³-hybridized carbons (Fsp3) is 0.0667. The second-order valence-electron chi connectivity index (χ2n) is 8.42. The fourth-order valence-corrected chi connectivity index (χ4v) is 4.89. The van der Waals surface area contributed by atoms with E-state index in [-0.39, 0.29) is 0 Å². The number of para-hydroxylation sites is 1. The van der Waals surface area contributed by atoms with Gasteiger partial charge in [-0.3, -0.25) is 0 Å². The van der Waals surface area contributed by atoms with Crippen LogP contribution in [0.4, 0.5) is 0 Å². The molecule has 2 heterocycles. The molecular formula is C30H24N2. The van der Waals surface area contributed by atoms with Crippen molar-refractivity contribution in [2.45, 2.75) is 6.92 Å². The van der Waals surface area contributed by atoms with Gasteiger partial charge in [-0.05, 0) is 48.2 Å². The Morgan fingerprint density at radius 3 is 2.16 bits per heavy atom. The van der Waals surface area contributed by atoms with Crippen LogP contribution in [-0.2, 0) is 7.05 Å². The van der Waals surface area contributed by atoms with Gasteiger partial charge in [0.05, 0.1) is 16.7 Å². The highest BCUT2D eigenvalue weighted by Crippen LogP contribution is 2.36. The molecule has 6 rings (SSSR count). The van der Waals surface area contributed by atoms with Crippen LogP contribution in [0.3, 0.4) is 0 Å². The lowest BCUT2D eigenvalue weighted by atomic mass is 10.1. The standard InChI is InChI=1S/C30H24N2/c1-21-11-4-3-9-18-31(2)29-20-26-24-15-7-8-16-28(24)32(30(26)19-25(21)29)27-17-10-13-22-12-5-6-14-23(22)27/h3-20H,1-2H3. The van der Waals surface area contributed by atoms with E-state index in [1.54, 1.807) is 0 Å². The van der Waals surface area contributed by atoms with E-state index in [1.165, 1.54) is 54.7 Å². The van der Waals surface area contributed by atoms with Crippen molar-refractivity contribution in [3.63, 3.8) is 0 Å². The first kappa shape index (κ1) is 18.7. The van der Waals surface area contributed by atoms with Crippen LogP contribution in [0.1, 0.15) is 5.56 Å². The molecule has 32 heavy (non-hydrogen) atoms. The molecule has 0 aliphatic carbocycles. The maximum absolute atomic E-state index is 2.43. The average molecular weight is 413 g/mol. The predicted molar refractivity (Wildman–Crippen MR) is 137 cm³/mol. The molecule has 0 bridgehead atoms. The molecule has 0 radical (unpaired) electrons. The molecule has 0 aliphatic rings. The Balaban J connectivity index is 1.87. The summed E-state index contributed by atoms with van der Waals surface area (Å²) >= 11 is 0. The lowest BCUT2D eigenvalue weighted by molar-refractivity contribution is 0.958. The molecule has 0 saturated carbocycles. The summed E-state index contributed by atoms with van der Waals surface area (Å²) in [4.78, 5) is 0. The maximum Gasteiger partial charge on any atom is 0.0548 e. The van der Waals surface area contributed by atoms with Gasteiger partial charge in [-0.2, -0.15) is 0 Å². The Hall–Kier alpha value is -4.04. The van der Waals surface area contributed by atoms with Gasteiger partial charge in [0.15, 0.2) is 0 Å². The van der Waals surface area contributed by atoms with Crippen LogP contribution in [0.5, 0.6) is 0 Å². The van der Waals surface area contributed by atoms with Crippen molar-refractivity contribution >= 4 is 43.5 Å². The van der Waals surface area contributed by atoms with Crippen molar-refractivity contribution in [2.75, 3.05) is 0 Å². The van der Waals surface area contributed by atoms with Crippen LogP contribution in [0.25, 0.3) is 49.2 Å². The second kappa shape index (κ2) is 7.28. The molecule has 0 saturated heterocycles. The molecule has 154 valence electrons. The molecule has 6 aromatic rings. The van der Waals surface area contributed by atoms with Gasteiger partial charge >= 0.3 is 0 Å². The summed E-state index contributed by atoms with van der Waals surface area (Å²) in [6, 6.07) is 37.1. The van der Waals surface area contributed by atoms with Crippen molar-refractivity contribution in [3.05, 3.63) is 115 Å². The van der Waals surface area contributed by atoms with Crippen LogP contribution >= 0.6 is 0 Å². The van der Waals surface area contributed by atoms with Crippen molar-refractivity contribution < 1.29 is 0 Å². The second-order valence-corrected chi connectivity index (χ2v) is 8.42. The Morgan fingerprint density at radius 1 is 0.531 bits per heavy atom. The summed E-state index contributed by atoms with van der Waals surface area (Å²) in [5, 5.41) is 6.31. The summed E-state index contributed by atoms with van der Waals surface area (Å²) in [5.74, 6) is 0. The Labute approximate surface area is 187 Å². The van der Waals surface area contributed by atoms with E-state index >= 15 is 0 Å². The van der Waals surface area contributed by atoms with Gasteiger partial charge in [-0.25, -0.2) is 0 Å². The molecule has 0 N–H and O–H groups in total. The molecule has 0 atom stereocenters. The van der Waals surface area contributed by atoms with Gasteiger partial charge in [-0.1, -0.05) is 72.8 Å². The number of hydrogen-bond donors (Lipinski definition) is 0. The summed E-state index contributed by atoms with van der Waals surface area (Å²) in [5.41, 5.74) is 6.14. The van der Waals surface area contributed by atoms with Crippen molar-refractivity contribution in [1.82, 2.24) is 9.13 Å². The number of nitrogens with zero attached hydrogens (tertiary/aromatic N) is 2. The predicted octanol–water partition coefficient (Wildman–Crippen LogP) is 7.86. The fourth-order valence-electron chi connectivity index (χ4n) is 4.89. The Kier molecular flexibility index (Phi) is 4.26. The van der Waals surface area contributed by atoms with Gasteiger partial charge < -0.3 is 9.13 Å². The third kappa shape index (κ3) is 2.80. The molecule has 2 aromatic heterocycles. The zero-order valence-corrected chi connectivity index (χ0v) is 18.3. The number of aromatic nitrogens is 2. The molecule has 0 aliphatic heterocycles. The minimum atomic E-state index is 1.21. The lowest BCUT2D eigenvalue weighted by Crippen LogP contribution is -1.96. The topological polar surface area (TPSA) is 9.86 Å². The van der Waals surface area contributed by atoms with E-state index in [9.17, 15) is 0 Å². The van der Waals surface area contributed by atoms with Crippen LogP contribution in [-0.4, -0.2) is 9.13 Å². The molecule has 2 nitrogen and oxygen atoms in total. The summed E-state index contributed by atoms with van der Waals surface area (Å²) < 4.78 is 4.64. The quantitative estimate of drug-likeness (QED) is 0.260. The number of fused-ring (bicyclic) bond motifs is 5. The number of hydrogen-bond acceptors (Lipinski definition) is 0. The van der Waals surface area contributed by atoms with Crippen LogP contribution in [0.2, 0.25) is 0 Å². The molecule has 0 spiro atoms. The van der Waals surface area contributed by atoms with E-state index in [2.05, 4.69) is 132 Å². The monoisotopic (exact) mass is 412 g/mol. The average Bonchev–Trinajstić information content (AvgIpc) is 3.17. The third-order valence-electron chi connectivity index (χ3n) is 6.48. The Bertz CT molecular complexity index is 1690. The largest absolute Gasteiger partial charge is 0.351 e. The first-order valence-electron chi connectivity index (χ1n) is 11.0. The number of aryl methyl sites for hydroxylation is 2. The smallest absolute Gasteiger partial charge is 0.0548 e. The minimum Gasteiger partial charge on any atom is -0.351 e. The van der Waals surface area contributed by atoms with E-state index in [1.807, 2.05) is 0 Å². The Morgan fingerprint density at radius 2 is 1.25 bits per heavy atom. The van der Waals surface area contributed by atoms with Crippen molar-refractivity contribution in [1.29, 1.82) is 0 Å². The first-order valence-corrected chi connectivity index (χ1v) is 11.0. The highest BCUT2D eigenvalue weighted by Gasteiger charge is 2.15. The molecule has 0 amide bonds. The third-order valence-corrected chi connectivity index (χ3v) is 6.48. The lowest BCUT2D eigenvalue weighted by Gasteiger charge is -2.12. The van der Waals surface area contributed by atoms with E-state index in [0.29, 0.717) is 0 Å². The van der Waals surface area contributed by atoms with Crippen LogP contribution < -0.4 is 0 Å². The normalized spacial score (nSPS) is 11.4. The van der Waals surface area contributed by atoms with E-state index in [0.717, 1.165) is 0 Å². The highest BCUT2D eigenvalue weighted by molar-refractivity contribution is 6.14. The van der Waals surface area contributed by atoms with E-state index < -0.39 is 0 Å². The van der Waals surface area contributed by atoms with E-state index in [4.69, 9.17) is 0 Å².